The first-order valence-electron chi connectivity index (χ1n) is 7.36. The Morgan fingerprint density at radius 3 is 2.65 bits per heavy atom. The molecule has 0 aliphatic carbocycles. The summed E-state index contributed by atoms with van der Waals surface area (Å²) in [6.07, 6.45) is 2.44. The molecule has 23 heavy (non-hydrogen) atoms. The van der Waals surface area contributed by atoms with Crippen molar-refractivity contribution < 1.29 is 23.0 Å². The van der Waals surface area contributed by atoms with E-state index in [1.807, 2.05) is 6.07 Å². The molecule has 0 fully saturated rings. The van der Waals surface area contributed by atoms with E-state index in [4.69, 9.17) is 4.74 Å². The van der Waals surface area contributed by atoms with Crippen molar-refractivity contribution in [2.24, 2.45) is 0 Å². The Bertz CT molecular complexity index is 539. The minimum Gasteiger partial charge on any atom is -0.444 e. The zero-order valence-corrected chi connectivity index (χ0v) is 13.7. The van der Waals surface area contributed by atoms with Gasteiger partial charge >= 0.3 is 12.7 Å². The van der Waals surface area contributed by atoms with Crippen LogP contribution in [0, 0.1) is 0 Å². The van der Waals surface area contributed by atoms with E-state index in [1.165, 1.54) is 6.07 Å². The van der Waals surface area contributed by atoms with Crippen LogP contribution in [-0.2, 0) is 17.7 Å². The Balaban J connectivity index is 2.90. The van der Waals surface area contributed by atoms with Gasteiger partial charge in [0.15, 0.2) is 0 Å². The van der Waals surface area contributed by atoms with Gasteiger partial charge in [-0.15, -0.1) is 6.58 Å². The second-order valence-electron chi connectivity index (χ2n) is 5.96. The number of aryl methyl sites for hydroxylation is 1. The molecule has 0 saturated heterocycles. The molecule has 1 aromatic carbocycles. The van der Waals surface area contributed by atoms with Crippen molar-refractivity contribution in [2.45, 2.75) is 52.4 Å². The molecule has 6 heteroatoms. The third kappa shape index (κ3) is 7.13. The minimum absolute atomic E-state index is 0.0459. The van der Waals surface area contributed by atoms with Crippen LogP contribution in [-0.4, -0.2) is 18.3 Å². The first-order valence-corrected chi connectivity index (χ1v) is 7.36. The Hall–Kier alpha value is -2.11. The number of hydrogen-bond acceptors (Lipinski definition) is 3. The van der Waals surface area contributed by atoms with Crippen LogP contribution in [0.15, 0.2) is 30.9 Å². The number of ether oxygens (including phenoxy) is 2. The van der Waals surface area contributed by atoms with Gasteiger partial charge < -0.3 is 14.8 Å². The van der Waals surface area contributed by atoms with Gasteiger partial charge in [0.05, 0.1) is 6.54 Å². The number of carbonyl (C=O) groups excluding carboxylic acids is 1. The van der Waals surface area contributed by atoms with Crippen molar-refractivity contribution in [3.8, 4) is 5.75 Å². The number of alkyl carbamates (subject to hydrolysis) is 1. The smallest absolute Gasteiger partial charge is 0.407 e. The average molecular weight is 327 g/mol. The summed E-state index contributed by atoms with van der Waals surface area (Å²) in [7, 11) is 0. The Morgan fingerprint density at radius 2 is 2.09 bits per heavy atom. The first kappa shape index (κ1) is 18.9. The highest BCUT2D eigenvalue weighted by atomic mass is 19.3. The zero-order chi connectivity index (χ0) is 17.5. The normalized spacial score (nSPS) is 11.2. The first-order chi connectivity index (χ1) is 10.7. The lowest BCUT2D eigenvalue weighted by atomic mass is 10.0. The van der Waals surface area contributed by atoms with Gasteiger partial charge in [0.25, 0.3) is 0 Å². The number of nitrogens with one attached hydrogen (secondary N) is 1. The largest absolute Gasteiger partial charge is 0.444 e. The minimum atomic E-state index is -2.93. The summed E-state index contributed by atoms with van der Waals surface area (Å²) in [6, 6.07) is 4.91. The maximum atomic E-state index is 12.6. The molecule has 0 unspecified atom stereocenters. The summed E-state index contributed by atoms with van der Waals surface area (Å²) in [6.45, 7) is 6.01. The fourth-order valence-electron chi connectivity index (χ4n) is 1.98. The predicted octanol–water partition coefficient (Wildman–Crippen LogP) is 4.43. The number of halogens is 2. The van der Waals surface area contributed by atoms with Gasteiger partial charge in [0.2, 0.25) is 0 Å². The molecule has 0 spiro atoms. The zero-order valence-electron chi connectivity index (χ0n) is 13.7. The standard InChI is InChI=1S/C17H23F2NO3/c1-5-6-8-12-9-7-10-14(22-15(18)19)13(12)11-20-16(21)23-17(2,3)4/h5,7,9-10,15H,1,6,8,11H2,2-4H3,(H,20,21). The van der Waals surface area contributed by atoms with Crippen LogP contribution < -0.4 is 10.1 Å². The molecule has 1 aromatic rings. The highest BCUT2D eigenvalue weighted by molar-refractivity contribution is 5.68. The van der Waals surface area contributed by atoms with Crippen LogP contribution >= 0.6 is 0 Å². The van der Waals surface area contributed by atoms with Crippen molar-refractivity contribution in [1.82, 2.24) is 5.32 Å². The molecule has 128 valence electrons. The molecule has 0 bridgehead atoms. The summed E-state index contributed by atoms with van der Waals surface area (Å²) in [5, 5.41) is 2.57. The topological polar surface area (TPSA) is 47.6 Å². The van der Waals surface area contributed by atoms with E-state index in [9.17, 15) is 13.6 Å². The Labute approximate surface area is 135 Å². The van der Waals surface area contributed by atoms with Gasteiger partial charge in [-0.2, -0.15) is 8.78 Å². The molecular weight excluding hydrogens is 304 g/mol. The molecule has 1 amide bonds. The number of alkyl halides is 2. The molecule has 0 radical (unpaired) electrons. The number of carbonyl (C=O) groups is 1. The second-order valence-corrected chi connectivity index (χ2v) is 5.96. The summed E-state index contributed by atoms with van der Waals surface area (Å²) in [5.74, 6) is 0.0534. The van der Waals surface area contributed by atoms with Crippen LogP contribution in [0.3, 0.4) is 0 Å². The number of allylic oxidation sites excluding steroid dienone is 1. The number of amides is 1. The summed E-state index contributed by atoms with van der Waals surface area (Å²) in [4.78, 5) is 11.8. The molecule has 0 heterocycles. The lowest BCUT2D eigenvalue weighted by Gasteiger charge is -2.21. The van der Waals surface area contributed by atoms with Gasteiger partial charge in [-0.1, -0.05) is 18.2 Å². The van der Waals surface area contributed by atoms with Crippen molar-refractivity contribution in [3.05, 3.63) is 42.0 Å². The maximum Gasteiger partial charge on any atom is 0.407 e. The average Bonchev–Trinajstić information content (AvgIpc) is 2.41. The van der Waals surface area contributed by atoms with E-state index in [1.54, 1.807) is 32.9 Å². The van der Waals surface area contributed by atoms with Crippen molar-refractivity contribution in [1.29, 1.82) is 0 Å². The quantitative estimate of drug-likeness (QED) is 0.754. The third-order valence-corrected chi connectivity index (χ3v) is 2.87. The van der Waals surface area contributed by atoms with Crippen molar-refractivity contribution in [3.63, 3.8) is 0 Å². The van der Waals surface area contributed by atoms with Gasteiger partial charge in [-0.05, 0) is 45.2 Å². The number of benzene rings is 1. The van der Waals surface area contributed by atoms with Gasteiger partial charge in [-0.3, -0.25) is 0 Å². The molecule has 0 atom stereocenters. The molecule has 4 nitrogen and oxygen atoms in total. The second kappa shape index (κ2) is 8.50. The summed E-state index contributed by atoms with van der Waals surface area (Å²) >= 11 is 0. The van der Waals surface area contributed by atoms with Gasteiger partial charge in [-0.25, -0.2) is 4.79 Å². The highest BCUT2D eigenvalue weighted by Crippen LogP contribution is 2.25. The number of rotatable bonds is 7. The number of hydrogen-bond donors (Lipinski definition) is 1. The molecule has 1 rings (SSSR count). The maximum absolute atomic E-state index is 12.6. The van der Waals surface area contributed by atoms with Crippen LogP contribution in [0.2, 0.25) is 0 Å². The van der Waals surface area contributed by atoms with Crippen molar-refractivity contribution >= 4 is 6.09 Å². The van der Waals surface area contributed by atoms with Crippen LogP contribution in [0.1, 0.15) is 38.3 Å². The fraction of sp³-hybridized carbons (Fsp3) is 0.471. The van der Waals surface area contributed by atoms with E-state index < -0.39 is 18.3 Å². The van der Waals surface area contributed by atoms with Crippen molar-refractivity contribution in [2.75, 3.05) is 0 Å². The van der Waals surface area contributed by atoms with E-state index in [0.29, 0.717) is 18.4 Å². The fourth-order valence-corrected chi connectivity index (χ4v) is 1.98. The third-order valence-electron chi connectivity index (χ3n) is 2.87. The Morgan fingerprint density at radius 1 is 1.39 bits per heavy atom. The molecular formula is C17H23F2NO3. The monoisotopic (exact) mass is 327 g/mol. The van der Waals surface area contributed by atoms with Gasteiger partial charge in [0, 0.05) is 5.56 Å². The lowest BCUT2D eigenvalue weighted by Crippen LogP contribution is -2.32. The molecule has 0 saturated carbocycles. The summed E-state index contributed by atoms with van der Waals surface area (Å²) in [5.41, 5.74) is 0.703. The lowest BCUT2D eigenvalue weighted by molar-refractivity contribution is -0.0505. The molecule has 0 aliphatic rings. The highest BCUT2D eigenvalue weighted by Gasteiger charge is 2.18. The predicted molar refractivity (Wildman–Crippen MR) is 84.7 cm³/mol. The molecule has 0 aliphatic heterocycles. The van der Waals surface area contributed by atoms with Crippen LogP contribution in [0.4, 0.5) is 13.6 Å². The van der Waals surface area contributed by atoms with Crippen LogP contribution in [0.5, 0.6) is 5.75 Å². The van der Waals surface area contributed by atoms with E-state index in [2.05, 4.69) is 16.6 Å². The van der Waals surface area contributed by atoms with E-state index in [-0.39, 0.29) is 12.3 Å². The Kier molecular flexibility index (Phi) is 7.00. The van der Waals surface area contributed by atoms with E-state index in [0.717, 1.165) is 5.56 Å². The molecule has 1 N–H and O–H groups in total. The van der Waals surface area contributed by atoms with E-state index >= 15 is 0 Å². The van der Waals surface area contributed by atoms with Gasteiger partial charge in [0.1, 0.15) is 11.4 Å². The SMILES string of the molecule is C=CCCc1cccc(OC(F)F)c1CNC(=O)OC(C)(C)C. The molecule has 0 aromatic heterocycles. The van der Waals surface area contributed by atoms with Crippen LogP contribution in [0.25, 0.3) is 0 Å². The summed E-state index contributed by atoms with van der Waals surface area (Å²) < 4.78 is 34.8.